The Morgan fingerprint density at radius 3 is 2.48 bits per heavy atom. The fraction of sp³-hybridized carbons (Fsp3) is 0.567. The Kier molecular flexibility index (Phi) is 9.74. The highest BCUT2D eigenvalue weighted by atomic mass is 79.9. The number of ether oxygens (including phenoxy) is 2. The third-order valence-corrected chi connectivity index (χ3v) is 9.15. The van der Waals surface area contributed by atoms with Gasteiger partial charge in [0.15, 0.2) is 0 Å². The molecule has 2 amide bonds. The average Bonchev–Trinajstić information content (AvgIpc) is 3.54. The first-order valence-corrected chi connectivity index (χ1v) is 15.0. The van der Waals surface area contributed by atoms with Gasteiger partial charge in [-0.15, -0.1) is 13.2 Å². The van der Waals surface area contributed by atoms with Crippen LogP contribution >= 0.6 is 15.9 Å². The van der Waals surface area contributed by atoms with Gasteiger partial charge in [0.05, 0.1) is 31.2 Å². The summed E-state index contributed by atoms with van der Waals surface area (Å²) in [6, 6.07) is 6.72. The average molecular weight is 619 g/mol. The molecule has 3 fully saturated rings. The summed E-state index contributed by atoms with van der Waals surface area (Å²) in [4.78, 5) is 46.6. The molecule has 218 valence electrons. The van der Waals surface area contributed by atoms with Crippen LogP contribution in [0.2, 0.25) is 0 Å². The summed E-state index contributed by atoms with van der Waals surface area (Å²) in [5.41, 5.74) is 0.497. The topological polar surface area (TPSA) is 99.6 Å². The molecule has 3 aliphatic heterocycles. The number of carbonyl (C=O) groups is 3. The largest absolute Gasteiger partial charge is 0.465 e. The van der Waals surface area contributed by atoms with Gasteiger partial charge < -0.3 is 29.3 Å². The van der Waals surface area contributed by atoms with Gasteiger partial charge in [-0.3, -0.25) is 14.4 Å². The van der Waals surface area contributed by atoms with Crippen LogP contribution in [0.15, 0.2) is 49.6 Å². The zero-order chi connectivity index (χ0) is 29.0. The number of hydrogen-bond donors (Lipinski definition) is 1. The second-order valence-electron chi connectivity index (χ2n) is 10.4. The van der Waals surface area contributed by atoms with E-state index in [4.69, 9.17) is 9.47 Å². The Morgan fingerprint density at radius 2 is 1.88 bits per heavy atom. The molecule has 3 saturated heterocycles. The first-order valence-electron chi connectivity index (χ1n) is 14.1. The number of alkyl halides is 1. The number of anilines is 2. The van der Waals surface area contributed by atoms with E-state index in [9.17, 15) is 19.5 Å². The van der Waals surface area contributed by atoms with Crippen molar-refractivity contribution in [3.8, 4) is 0 Å². The molecule has 1 spiro atoms. The number of esters is 1. The number of β-amino-alcohol motifs (C(OH)–C–C–N with tert-alkyl or cyclic N) is 1. The Bertz CT molecular complexity index is 1110. The number of aliphatic hydroxyl groups excluding tert-OH is 1. The van der Waals surface area contributed by atoms with E-state index < -0.39 is 35.6 Å². The molecule has 0 aliphatic carbocycles. The van der Waals surface area contributed by atoms with Gasteiger partial charge in [-0.05, 0) is 57.4 Å². The lowest BCUT2D eigenvalue weighted by molar-refractivity contribution is -0.155. The number of carbonyl (C=O) groups excluding carboxylic acids is 3. The van der Waals surface area contributed by atoms with Crippen molar-refractivity contribution in [2.75, 3.05) is 49.2 Å². The van der Waals surface area contributed by atoms with Crippen molar-refractivity contribution in [2.45, 2.75) is 55.7 Å². The lowest BCUT2D eigenvalue weighted by atomic mass is 9.70. The molecule has 3 unspecified atom stereocenters. The summed E-state index contributed by atoms with van der Waals surface area (Å²) < 4.78 is 12.1. The van der Waals surface area contributed by atoms with Crippen LogP contribution in [0.5, 0.6) is 0 Å². The second-order valence-corrected chi connectivity index (χ2v) is 11.6. The fourth-order valence-electron chi connectivity index (χ4n) is 6.55. The summed E-state index contributed by atoms with van der Waals surface area (Å²) in [7, 11) is 0. The van der Waals surface area contributed by atoms with Crippen LogP contribution in [0.3, 0.4) is 0 Å². The van der Waals surface area contributed by atoms with Crippen LogP contribution in [0.4, 0.5) is 11.4 Å². The summed E-state index contributed by atoms with van der Waals surface area (Å²) in [5, 5.41) is 9.87. The lowest BCUT2D eigenvalue weighted by Crippen LogP contribution is -2.57. The molecule has 1 N–H and O–H groups in total. The van der Waals surface area contributed by atoms with Crippen LogP contribution in [0.1, 0.15) is 33.1 Å². The first-order chi connectivity index (χ1) is 19.3. The van der Waals surface area contributed by atoms with Gasteiger partial charge in [-0.1, -0.05) is 28.1 Å². The number of aliphatic hydroxyl groups is 1. The molecular weight excluding hydrogens is 578 g/mol. The maximum Gasteiger partial charge on any atom is 0.312 e. The van der Waals surface area contributed by atoms with E-state index in [0.717, 1.165) is 18.8 Å². The molecular formula is C30H40BrN3O6. The van der Waals surface area contributed by atoms with E-state index in [1.807, 2.05) is 24.3 Å². The van der Waals surface area contributed by atoms with Crippen molar-refractivity contribution < 1.29 is 29.0 Å². The van der Waals surface area contributed by atoms with Gasteiger partial charge >= 0.3 is 5.97 Å². The van der Waals surface area contributed by atoms with E-state index in [-0.39, 0.29) is 42.9 Å². The van der Waals surface area contributed by atoms with Gasteiger partial charge in [-0.25, -0.2) is 0 Å². The van der Waals surface area contributed by atoms with E-state index in [1.54, 1.807) is 17.1 Å². The summed E-state index contributed by atoms with van der Waals surface area (Å²) in [5.74, 6) is -2.90. The minimum absolute atomic E-state index is 0.0433. The summed E-state index contributed by atoms with van der Waals surface area (Å²) in [6.45, 7) is 13.5. The van der Waals surface area contributed by atoms with Crippen LogP contribution in [0.25, 0.3) is 0 Å². The normalized spacial score (nSPS) is 28.4. The lowest BCUT2D eigenvalue weighted by Gasteiger charge is -2.37. The highest BCUT2D eigenvalue weighted by Gasteiger charge is 2.77. The van der Waals surface area contributed by atoms with Crippen molar-refractivity contribution in [2.24, 2.45) is 11.8 Å². The van der Waals surface area contributed by atoms with E-state index in [1.165, 1.54) is 4.90 Å². The number of hydrogen-bond acceptors (Lipinski definition) is 7. The molecule has 0 radical (unpaired) electrons. The third-order valence-electron chi connectivity index (χ3n) is 8.30. The minimum atomic E-state index is -1.21. The van der Waals surface area contributed by atoms with Crippen LogP contribution in [-0.4, -0.2) is 89.8 Å². The smallest absolute Gasteiger partial charge is 0.312 e. The minimum Gasteiger partial charge on any atom is -0.465 e. The van der Waals surface area contributed by atoms with Crippen molar-refractivity contribution >= 4 is 45.1 Å². The highest BCUT2D eigenvalue weighted by Crippen LogP contribution is 2.60. The SMILES string of the molecule is C=CCCCOC(=O)[C@H]1[C@@H]2OC3(CC2Br)C(C(=O)N(CC=C)c2ccc(N(CC)CC)cc2)N(CCO)C(=O)[C@H]13. The van der Waals surface area contributed by atoms with Gasteiger partial charge in [0.1, 0.15) is 11.6 Å². The predicted octanol–water partition coefficient (Wildman–Crippen LogP) is 3.30. The molecule has 40 heavy (non-hydrogen) atoms. The second kappa shape index (κ2) is 12.9. The number of nitrogens with zero attached hydrogens (tertiary/aromatic N) is 3. The van der Waals surface area contributed by atoms with Crippen molar-refractivity contribution in [3.63, 3.8) is 0 Å². The summed E-state index contributed by atoms with van der Waals surface area (Å²) >= 11 is 3.66. The predicted molar refractivity (Wildman–Crippen MR) is 157 cm³/mol. The molecule has 0 aromatic heterocycles. The van der Waals surface area contributed by atoms with Gasteiger partial charge in [0, 0.05) is 42.4 Å². The van der Waals surface area contributed by atoms with Gasteiger partial charge in [0.2, 0.25) is 5.91 Å². The zero-order valence-corrected chi connectivity index (χ0v) is 24.9. The fourth-order valence-corrected chi connectivity index (χ4v) is 7.50. The summed E-state index contributed by atoms with van der Waals surface area (Å²) in [6.07, 6.45) is 4.54. The Hall–Kier alpha value is -2.69. The van der Waals surface area contributed by atoms with Crippen LogP contribution in [0, 0.1) is 11.8 Å². The number of rotatable bonds is 14. The number of allylic oxidation sites excluding steroid dienone is 1. The van der Waals surface area contributed by atoms with Crippen molar-refractivity contribution in [1.82, 2.24) is 4.90 Å². The molecule has 2 bridgehead atoms. The van der Waals surface area contributed by atoms with E-state index in [0.29, 0.717) is 24.9 Å². The highest BCUT2D eigenvalue weighted by molar-refractivity contribution is 9.09. The van der Waals surface area contributed by atoms with Crippen molar-refractivity contribution in [3.05, 3.63) is 49.6 Å². The Balaban J connectivity index is 1.68. The molecule has 0 saturated carbocycles. The quantitative estimate of drug-likeness (QED) is 0.148. The first kappa shape index (κ1) is 30.3. The molecule has 10 heteroatoms. The molecule has 6 atom stereocenters. The number of unbranched alkanes of at least 4 members (excludes halogenated alkanes) is 1. The molecule has 1 aromatic rings. The van der Waals surface area contributed by atoms with Crippen LogP contribution in [-0.2, 0) is 23.9 Å². The molecule has 4 rings (SSSR count). The molecule has 3 aliphatic rings. The van der Waals surface area contributed by atoms with Gasteiger partial charge in [-0.2, -0.15) is 0 Å². The number of likely N-dealkylation sites (tertiary alicyclic amines) is 1. The maximum absolute atomic E-state index is 14.4. The molecule has 3 heterocycles. The number of fused-ring (bicyclic) bond motifs is 1. The Morgan fingerprint density at radius 1 is 1.20 bits per heavy atom. The Labute approximate surface area is 244 Å². The number of benzene rings is 1. The van der Waals surface area contributed by atoms with E-state index >= 15 is 0 Å². The number of halogens is 1. The van der Waals surface area contributed by atoms with Gasteiger partial charge in [0.25, 0.3) is 5.91 Å². The third kappa shape index (κ3) is 5.21. The monoisotopic (exact) mass is 617 g/mol. The van der Waals surface area contributed by atoms with E-state index in [2.05, 4.69) is 47.8 Å². The maximum atomic E-state index is 14.4. The molecule has 1 aromatic carbocycles. The zero-order valence-electron chi connectivity index (χ0n) is 23.3. The molecule has 9 nitrogen and oxygen atoms in total. The van der Waals surface area contributed by atoms with Crippen molar-refractivity contribution in [1.29, 1.82) is 0 Å². The van der Waals surface area contributed by atoms with Crippen LogP contribution < -0.4 is 9.80 Å². The number of amides is 2. The standard InChI is InChI=1S/C30H40BrN3O6/c1-5-9-10-18-39-29(38)23-24-27(36)34(16-17-35)26(30(24)19-22(31)25(23)40-30)28(37)33(15-6-2)21-13-11-20(12-14-21)32(7-3)8-4/h5-6,11-14,22-26,35H,1-2,7-10,15-19H2,3-4H3/t22?,23-,24+,25-,26?,30?/m1/s1.